The van der Waals surface area contributed by atoms with E-state index in [4.69, 9.17) is 19.3 Å². The first-order chi connectivity index (χ1) is 11.2. The first kappa shape index (κ1) is 17.2. The molecule has 1 N–H and O–H groups in total. The second kappa shape index (κ2) is 9.06. The number of hydrogen-bond donors (Lipinski definition) is 1. The highest BCUT2D eigenvalue weighted by molar-refractivity contribution is 5.39. The van der Waals surface area contributed by atoms with Crippen LogP contribution in [-0.4, -0.2) is 31.5 Å². The van der Waals surface area contributed by atoms with Gasteiger partial charge in [0, 0.05) is 6.42 Å². The van der Waals surface area contributed by atoms with Crippen molar-refractivity contribution in [3.63, 3.8) is 0 Å². The van der Waals surface area contributed by atoms with E-state index in [1.54, 1.807) is 0 Å². The predicted octanol–water partition coefficient (Wildman–Crippen LogP) is 3.52. The number of aliphatic hydroxyl groups is 1. The fourth-order valence-corrected chi connectivity index (χ4v) is 2.29. The quantitative estimate of drug-likeness (QED) is 0.719. The molecule has 0 aliphatic rings. The van der Waals surface area contributed by atoms with E-state index < -0.39 is 0 Å². The maximum atomic E-state index is 8.83. The van der Waals surface area contributed by atoms with Crippen molar-refractivity contribution in [1.82, 2.24) is 0 Å². The summed E-state index contributed by atoms with van der Waals surface area (Å²) in [6.45, 7) is 5.51. The van der Waals surface area contributed by atoms with E-state index in [1.807, 2.05) is 36.4 Å². The Hall–Kier alpha value is -2.20. The molecule has 0 radical (unpaired) electrons. The van der Waals surface area contributed by atoms with Gasteiger partial charge in [-0.2, -0.15) is 0 Å². The summed E-state index contributed by atoms with van der Waals surface area (Å²) in [5, 5.41) is 8.83. The molecular weight excluding hydrogens is 292 g/mol. The molecular formula is C19H24O4. The minimum absolute atomic E-state index is 0.0158. The number of rotatable bonds is 9. The van der Waals surface area contributed by atoms with Gasteiger partial charge in [-0.1, -0.05) is 18.2 Å². The van der Waals surface area contributed by atoms with Gasteiger partial charge in [0.15, 0.2) is 11.5 Å². The molecule has 4 nitrogen and oxygen atoms in total. The minimum atomic E-state index is -0.0158. The summed E-state index contributed by atoms with van der Waals surface area (Å²) < 4.78 is 16.9. The molecule has 0 aliphatic carbocycles. The van der Waals surface area contributed by atoms with Gasteiger partial charge < -0.3 is 19.3 Å². The average Bonchev–Trinajstić information content (AvgIpc) is 2.52. The normalized spacial score (nSPS) is 10.4. The summed E-state index contributed by atoms with van der Waals surface area (Å²) in [5.74, 6) is 2.23. The van der Waals surface area contributed by atoms with Crippen LogP contribution >= 0.6 is 0 Å². The molecule has 0 spiro atoms. The van der Waals surface area contributed by atoms with Gasteiger partial charge in [-0.05, 0) is 49.2 Å². The van der Waals surface area contributed by atoms with Gasteiger partial charge in [0.25, 0.3) is 0 Å². The van der Waals surface area contributed by atoms with E-state index in [2.05, 4.69) is 19.9 Å². The Morgan fingerprint density at radius 2 is 1.35 bits per heavy atom. The highest BCUT2D eigenvalue weighted by atomic mass is 16.5. The molecule has 2 rings (SSSR count). The fraction of sp³-hybridized carbons (Fsp3) is 0.368. The Kier molecular flexibility index (Phi) is 6.76. The number of para-hydroxylation sites is 2. The third-order valence-corrected chi connectivity index (χ3v) is 3.21. The maximum absolute atomic E-state index is 8.83. The first-order valence-corrected chi connectivity index (χ1v) is 7.85. The molecule has 0 atom stereocenters. The van der Waals surface area contributed by atoms with E-state index >= 15 is 0 Å². The smallest absolute Gasteiger partial charge is 0.161 e. The lowest BCUT2D eigenvalue weighted by atomic mass is 10.1. The third-order valence-electron chi connectivity index (χ3n) is 3.21. The van der Waals surface area contributed by atoms with Crippen LogP contribution in [0.2, 0.25) is 0 Å². The van der Waals surface area contributed by atoms with Crippen LogP contribution in [0.3, 0.4) is 0 Å². The van der Waals surface area contributed by atoms with E-state index in [0.29, 0.717) is 24.7 Å². The van der Waals surface area contributed by atoms with Gasteiger partial charge in [-0.25, -0.2) is 0 Å². The van der Waals surface area contributed by atoms with E-state index in [0.717, 1.165) is 12.2 Å². The Labute approximate surface area is 137 Å². The minimum Gasteiger partial charge on any atom is -0.493 e. The largest absolute Gasteiger partial charge is 0.493 e. The van der Waals surface area contributed by atoms with Gasteiger partial charge in [0.05, 0.1) is 19.8 Å². The lowest BCUT2D eigenvalue weighted by Crippen LogP contribution is -2.07. The van der Waals surface area contributed by atoms with Crippen LogP contribution in [0.25, 0.3) is 0 Å². The number of aliphatic hydroxyl groups excluding tert-OH is 1. The summed E-state index contributed by atoms with van der Waals surface area (Å²) in [7, 11) is 0. The van der Waals surface area contributed by atoms with Gasteiger partial charge in [-0.3, -0.25) is 0 Å². The number of hydrogen-bond acceptors (Lipinski definition) is 4. The molecule has 0 unspecified atom stereocenters. The van der Waals surface area contributed by atoms with Crippen molar-refractivity contribution in [2.45, 2.75) is 20.3 Å². The molecule has 0 aromatic heterocycles. The molecule has 124 valence electrons. The zero-order chi connectivity index (χ0) is 16.5. The Morgan fingerprint density at radius 3 is 1.96 bits per heavy atom. The molecule has 0 heterocycles. The molecule has 2 aromatic carbocycles. The maximum Gasteiger partial charge on any atom is 0.161 e. The third kappa shape index (κ3) is 5.83. The Balaban J connectivity index is 1.75. The molecule has 0 amide bonds. The molecule has 0 saturated carbocycles. The summed E-state index contributed by atoms with van der Waals surface area (Å²) in [6, 6.07) is 13.7. The van der Waals surface area contributed by atoms with Gasteiger partial charge in [0.2, 0.25) is 0 Å². The SMILES string of the molecule is Cc1cc(C)cc(OCCCOc2ccccc2OCCO)c1. The fourth-order valence-electron chi connectivity index (χ4n) is 2.29. The summed E-state index contributed by atoms with van der Waals surface area (Å²) in [6.07, 6.45) is 0.779. The number of aryl methyl sites for hydroxylation is 2. The molecule has 0 fully saturated rings. The molecule has 0 saturated heterocycles. The second-order valence-corrected chi connectivity index (χ2v) is 5.39. The monoisotopic (exact) mass is 316 g/mol. The molecule has 2 aromatic rings. The van der Waals surface area contributed by atoms with Crippen LogP contribution in [0.4, 0.5) is 0 Å². The Morgan fingerprint density at radius 1 is 0.783 bits per heavy atom. The van der Waals surface area contributed by atoms with Crippen molar-refractivity contribution in [2.24, 2.45) is 0 Å². The molecule has 0 aliphatic heterocycles. The summed E-state index contributed by atoms with van der Waals surface area (Å²) >= 11 is 0. The van der Waals surface area contributed by atoms with E-state index in [9.17, 15) is 0 Å². The van der Waals surface area contributed by atoms with Crippen LogP contribution in [0.1, 0.15) is 17.5 Å². The predicted molar refractivity (Wildman–Crippen MR) is 90.5 cm³/mol. The van der Waals surface area contributed by atoms with Crippen molar-refractivity contribution in [2.75, 3.05) is 26.4 Å². The Bertz CT molecular complexity index is 590. The summed E-state index contributed by atoms with van der Waals surface area (Å²) in [5.41, 5.74) is 2.40. The highest BCUT2D eigenvalue weighted by Crippen LogP contribution is 2.26. The van der Waals surface area contributed by atoms with Crippen LogP contribution in [-0.2, 0) is 0 Å². The lowest BCUT2D eigenvalue weighted by molar-refractivity contribution is 0.190. The first-order valence-electron chi connectivity index (χ1n) is 7.85. The van der Waals surface area contributed by atoms with Crippen LogP contribution < -0.4 is 14.2 Å². The van der Waals surface area contributed by atoms with Crippen LogP contribution in [0.15, 0.2) is 42.5 Å². The van der Waals surface area contributed by atoms with Crippen molar-refractivity contribution in [3.05, 3.63) is 53.6 Å². The van der Waals surface area contributed by atoms with Gasteiger partial charge in [0.1, 0.15) is 12.4 Å². The van der Waals surface area contributed by atoms with Crippen molar-refractivity contribution in [1.29, 1.82) is 0 Å². The lowest BCUT2D eigenvalue weighted by Gasteiger charge is -2.12. The standard InChI is InChI=1S/C19H24O4/c1-15-12-16(2)14-17(13-15)21-9-5-10-22-18-6-3-4-7-19(18)23-11-8-20/h3-4,6-7,12-14,20H,5,8-11H2,1-2H3. The second-order valence-electron chi connectivity index (χ2n) is 5.39. The molecule has 4 heteroatoms. The summed E-state index contributed by atoms with van der Waals surface area (Å²) in [4.78, 5) is 0. The van der Waals surface area contributed by atoms with E-state index in [1.165, 1.54) is 11.1 Å². The van der Waals surface area contributed by atoms with Crippen LogP contribution in [0.5, 0.6) is 17.2 Å². The zero-order valence-corrected chi connectivity index (χ0v) is 13.7. The van der Waals surface area contributed by atoms with Crippen molar-refractivity contribution >= 4 is 0 Å². The van der Waals surface area contributed by atoms with Crippen molar-refractivity contribution < 1.29 is 19.3 Å². The van der Waals surface area contributed by atoms with Crippen LogP contribution in [0, 0.1) is 13.8 Å². The van der Waals surface area contributed by atoms with Gasteiger partial charge in [-0.15, -0.1) is 0 Å². The highest BCUT2D eigenvalue weighted by Gasteiger charge is 2.04. The molecule has 23 heavy (non-hydrogen) atoms. The van der Waals surface area contributed by atoms with Crippen molar-refractivity contribution in [3.8, 4) is 17.2 Å². The zero-order valence-electron chi connectivity index (χ0n) is 13.7. The average molecular weight is 316 g/mol. The van der Waals surface area contributed by atoms with E-state index in [-0.39, 0.29) is 13.2 Å². The topological polar surface area (TPSA) is 47.9 Å². The number of benzene rings is 2. The van der Waals surface area contributed by atoms with Gasteiger partial charge >= 0.3 is 0 Å². The molecule has 0 bridgehead atoms. The number of ether oxygens (including phenoxy) is 3.